The van der Waals surface area contributed by atoms with E-state index in [1.54, 1.807) is 21.3 Å². The Labute approximate surface area is 174 Å². The number of carbonyl (C=O) groups is 1. The number of ketones is 1. The molecule has 2 aromatic carbocycles. The van der Waals surface area contributed by atoms with E-state index in [9.17, 15) is 4.79 Å². The Morgan fingerprint density at radius 3 is 2.23 bits per heavy atom. The third-order valence-electron chi connectivity index (χ3n) is 5.77. The van der Waals surface area contributed by atoms with E-state index in [1.165, 1.54) is 0 Å². The summed E-state index contributed by atoms with van der Waals surface area (Å²) >= 11 is 0. The van der Waals surface area contributed by atoms with Crippen molar-refractivity contribution in [2.45, 2.75) is 25.2 Å². The van der Waals surface area contributed by atoms with Crippen molar-refractivity contribution in [2.24, 2.45) is 0 Å². The molecule has 1 aliphatic carbocycles. The lowest BCUT2D eigenvalue weighted by Gasteiger charge is -2.33. The minimum Gasteiger partial charge on any atom is -0.493 e. The van der Waals surface area contributed by atoms with E-state index in [0.29, 0.717) is 46.5 Å². The fraction of sp³-hybridized carbons (Fsp3) is 0.348. The highest BCUT2D eigenvalue weighted by Gasteiger charge is 2.39. The van der Waals surface area contributed by atoms with Crippen LogP contribution in [0.15, 0.2) is 35.6 Å². The number of allylic oxidation sites excluding steroid dienone is 2. The second kappa shape index (κ2) is 7.16. The molecule has 0 amide bonds. The standard InChI is InChI=1S/C23H22O7/c1-25-19-7-12(8-20(26-2)23(19)27-3)21-13-9-17-18(29-11-28-17)10-16(13)30-15-6-4-5-14(24)22(15)21/h7-10,21H,4-6,11H2,1-3H3. The molecule has 3 aliphatic rings. The van der Waals surface area contributed by atoms with Crippen molar-refractivity contribution in [3.63, 3.8) is 0 Å². The Kier molecular flexibility index (Phi) is 4.46. The number of benzene rings is 2. The fourth-order valence-corrected chi connectivity index (χ4v) is 4.42. The molecule has 2 aromatic rings. The van der Waals surface area contributed by atoms with Crippen LogP contribution in [0.5, 0.6) is 34.5 Å². The summed E-state index contributed by atoms with van der Waals surface area (Å²) in [6, 6.07) is 7.51. The van der Waals surface area contributed by atoms with Crippen molar-refractivity contribution in [1.29, 1.82) is 0 Å². The monoisotopic (exact) mass is 410 g/mol. The highest BCUT2D eigenvalue weighted by atomic mass is 16.7. The molecule has 0 saturated heterocycles. The molecule has 7 nitrogen and oxygen atoms in total. The summed E-state index contributed by atoms with van der Waals surface area (Å²) in [6.45, 7) is 0.166. The number of carbonyl (C=O) groups excluding carboxylic acids is 1. The van der Waals surface area contributed by atoms with Gasteiger partial charge >= 0.3 is 0 Å². The van der Waals surface area contributed by atoms with E-state index in [4.69, 9.17) is 28.4 Å². The van der Waals surface area contributed by atoms with Gasteiger partial charge in [0.05, 0.1) is 21.3 Å². The van der Waals surface area contributed by atoms with Crippen molar-refractivity contribution in [3.05, 3.63) is 46.7 Å². The molecule has 1 unspecified atom stereocenters. The zero-order valence-corrected chi connectivity index (χ0v) is 17.1. The smallest absolute Gasteiger partial charge is 0.231 e. The van der Waals surface area contributed by atoms with Gasteiger partial charge < -0.3 is 28.4 Å². The Morgan fingerprint density at radius 1 is 0.867 bits per heavy atom. The van der Waals surface area contributed by atoms with Crippen molar-refractivity contribution < 1.29 is 33.2 Å². The Hall–Kier alpha value is -3.35. The molecule has 0 aromatic heterocycles. The third-order valence-corrected chi connectivity index (χ3v) is 5.77. The van der Waals surface area contributed by atoms with Crippen molar-refractivity contribution in [3.8, 4) is 34.5 Å². The van der Waals surface area contributed by atoms with E-state index in [0.717, 1.165) is 29.7 Å². The Morgan fingerprint density at radius 2 is 1.57 bits per heavy atom. The predicted octanol–water partition coefficient (Wildman–Crippen LogP) is 3.97. The second-order valence-electron chi connectivity index (χ2n) is 7.35. The van der Waals surface area contributed by atoms with Gasteiger partial charge in [0.25, 0.3) is 0 Å². The lowest BCUT2D eigenvalue weighted by atomic mass is 9.77. The van der Waals surface area contributed by atoms with Gasteiger partial charge in [0.15, 0.2) is 28.8 Å². The maximum Gasteiger partial charge on any atom is 0.231 e. The first-order chi connectivity index (χ1) is 14.6. The summed E-state index contributed by atoms with van der Waals surface area (Å²) in [7, 11) is 4.72. The first-order valence-corrected chi connectivity index (χ1v) is 9.82. The molecule has 2 aliphatic heterocycles. The third kappa shape index (κ3) is 2.76. The van der Waals surface area contributed by atoms with Crippen LogP contribution < -0.4 is 28.4 Å². The Bertz CT molecular complexity index is 1040. The number of fused-ring (bicyclic) bond motifs is 2. The molecule has 1 atom stereocenters. The number of Topliss-reactive ketones (excluding diaryl/α,β-unsaturated/α-hetero) is 1. The molecule has 5 rings (SSSR count). The number of rotatable bonds is 4. The molecule has 0 fully saturated rings. The van der Waals surface area contributed by atoms with Gasteiger partial charge in [-0.1, -0.05) is 0 Å². The topological polar surface area (TPSA) is 72.5 Å². The molecule has 0 saturated carbocycles. The van der Waals surface area contributed by atoms with Crippen LogP contribution in [0.25, 0.3) is 0 Å². The minimum absolute atomic E-state index is 0.0957. The Balaban J connectivity index is 1.75. The summed E-state index contributed by atoms with van der Waals surface area (Å²) < 4.78 is 33.9. The van der Waals surface area contributed by atoms with Crippen LogP contribution in [-0.4, -0.2) is 33.9 Å². The van der Waals surface area contributed by atoms with Crippen LogP contribution in [0, 0.1) is 0 Å². The maximum atomic E-state index is 13.0. The first kappa shape index (κ1) is 18.7. The average molecular weight is 410 g/mol. The number of methoxy groups -OCH3 is 3. The van der Waals surface area contributed by atoms with Gasteiger partial charge in [-0.2, -0.15) is 0 Å². The summed E-state index contributed by atoms with van der Waals surface area (Å²) in [5, 5.41) is 0. The highest BCUT2D eigenvalue weighted by Crippen LogP contribution is 2.52. The SMILES string of the molecule is COc1cc(C2C3=C(CCCC3=O)Oc3cc4c(cc32)OCO4)cc(OC)c1OC. The first-order valence-electron chi connectivity index (χ1n) is 9.82. The van der Waals surface area contributed by atoms with Crippen LogP contribution in [0.2, 0.25) is 0 Å². The normalized spacial score (nSPS) is 19.0. The fourth-order valence-electron chi connectivity index (χ4n) is 4.42. The lowest BCUT2D eigenvalue weighted by Crippen LogP contribution is -2.25. The largest absolute Gasteiger partial charge is 0.493 e. The van der Waals surface area contributed by atoms with E-state index in [-0.39, 0.29) is 18.5 Å². The molecular weight excluding hydrogens is 388 g/mol. The van der Waals surface area contributed by atoms with Crippen LogP contribution in [-0.2, 0) is 4.79 Å². The highest BCUT2D eigenvalue weighted by molar-refractivity contribution is 5.99. The molecule has 7 heteroatoms. The zero-order valence-electron chi connectivity index (χ0n) is 17.1. The number of ether oxygens (including phenoxy) is 6. The van der Waals surface area contributed by atoms with Gasteiger partial charge in [-0.15, -0.1) is 0 Å². The number of hydrogen-bond acceptors (Lipinski definition) is 7. The van der Waals surface area contributed by atoms with Crippen LogP contribution in [0.4, 0.5) is 0 Å². The molecule has 2 heterocycles. The number of hydrogen-bond donors (Lipinski definition) is 0. The quantitative estimate of drug-likeness (QED) is 0.755. The van der Waals surface area contributed by atoms with Crippen molar-refractivity contribution in [2.75, 3.05) is 28.1 Å². The van der Waals surface area contributed by atoms with E-state index in [2.05, 4.69) is 0 Å². The van der Waals surface area contributed by atoms with E-state index < -0.39 is 0 Å². The van der Waals surface area contributed by atoms with Gasteiger partial charge in [0, 0.05) is 36.0 Å². The van der Waals surface area contributed by atoms with Gasteiger partial charge in [0.2, 0.25) is 12.5 Å². The summed E-state index contributed by atoms with van der Waals surface area (Å²) in [5.41, 5.74) is 2.39. The average Bonchev–Trinajstić information content (AvgIpc) is 3.22. The molecule has 0 bridgehead atoms. The van der Waals surface area contributed by atoms with E-state index >= 15 is 0 Å². The van der Waals surface area contributed by atoms with Gasteiger partial charge in [-0.25, -0.2) is 0 Å². The van der Waals surface area contributed by atoms with Crippen LogP contribution in [0.1, 0.15) is 36.3 Å². The lowest BCUT2D eigenvalue weighted by molar-refractivity contribution is -0.116. The molecular formula is C23H22O7. The molecule has 30 heavy (non-hydrogen) atoms. The molecule has 0 radical (unpaired) electrons. The molecule has 0 spiro atoms. The van der Waals surface area contributed by atoms with Crippen molar-refractivity contribution in [1.82, 2.24) is 0 Å². The van der Waals surface area contributed by atoms with E-state index in [1.807, 2.05) is 24.3 Å². The molecule has 0 N–H and O–H groups in total. The zero-order chi connectivity index (χ0) is 20.8. The second-order valence-corrected chi connectivity index (χ2v) is 7.35. The summed E-state index contributed by atoms with van der Waals surface area (Å²) in [4.78, 5) is 13.0. The van der Waals surface area contributed by atoms with Crippen LogP contribution in [0.3, 0.4) is 0 Å². The summed E-state index contributed by atoms with van der Waals surface area (Å²) in [6.07, 6.45) is 2.00. The predicted molar refractivity (Wildman–Crippen MR) is 107 cm³/mol. The van der Waals surface area contributed by atoms with Gasteiger partial charge in [-0.05, 0) is 30.2 Å². The minimum atomic E-state index is -0.334. The van der Waals surface area contributed by atoms with Crippen molar-refractivity contribution >= 4 is 5.78 Å². The summed E-state index contributed by atoms with van der Waals surface area (Å²) in [5.74, 6) is 4.01. The van der Waals surface area contributed by atoms with Crippen LogP contribution >= 0.6 is 0 Å². The maximum absolute atomic E-state index is 13.0. The van der Waals surface area contributed by atoms with Gasteiger partial charge in [0.1, 0.15) is 11.5 Å². The van der Waals surface area contributed by atoms with Gasteiger partial charge in [-0.3, -0.25) is 4.79 Å². The molecule has 156 valence electrons.